The lowest BCUT2D eigenvalue weighted by Crippen LogP contribution is -2.01. The quantitative estimate of drug-likeness (QED) is 0.744. The molecule has 1 aromatic carbocycles. The molecule has 0 radical (unpaired) electrons. The monoisotopic (exact) mass is 238 g/mol. The highest BCUT2D eigenvalue weighted by atomic mass is 15.3. The molecule has 0 saturated heterocycles. The molecule has 0 saturated carbocycles. The molecule has 0 unspecified atom stereocenters. The molecule has 3 rings (SSSR count). The third-order valence-corrected chi connectivity index (χ3v) is 3.01. The fourth-order valence-corrected chi connectivity index (χ4v) is 2.03. The molecule has 0 amide bonds. The van der Waals surface area contributed by atoms with Gasteiger partial charge in [0.1, 0.15) is 11.6 Å². The minimum Gasteiger partial charge on any atom is -0.385 e. The van der Waals surface area contributed by atoms with Crippen LogP contribution in [0.4, 0.5) is 5.82 Å². The molecule has 3 aromatic rings. The standard InChI is InChI=1S/C14H14N4/c1-10-5-7-11(8-6-10)9-14-17-16-13-4-2-3-12(15)18(13)14/h2-8H,9,15H2,1H3. The number of aromatic nitrogens is 3. The second-order valence-electron chi connectivity index (χ2n) is 4.42. The van der Waals surface area contributed by atoms with Crippen LogP contribution in [0.25, 0.3) is 5.65 Å². The SMILES string of the molecule is Cc1ccc(Cc2nnc3cccc(N)n23)cc1. The van der Waals surface area contributed by atoms with E-state index < -0.39 is 0 Å². The van der Waals surface area contributed by atoms with E-state index in [1.54, 1.807) is 0 Å². The van der Waals surface area contributed by atoms with Crippen molar-refractivity contribution in [3.05, 3.63) is 59.4 Å². The van der Waals surface area contributed by atoms with E-state index in [2.05, 4.69) is 41.4 Å². The lowest BCUT2D eigenvalue weighted by atomic mass is 10.1. The average Bonchev–Trinajstić information content (AvgIpc) is 2.77. The van der Waals surface area contributed by atoms with Gasteiger partial charge in [-0.25, -0.2) is 0 Å². The van der Waals surface area contributed by atoms with Crippen molar-refractivity contribution >= 4 is 11.5 Å². The Morgan fingerprint density at radius 2 is 1.83 bits per heavy atom. The van der Waals surface area contributed by atoms with Gasteiger partial charge in [0, 0.05) is 6.42 Å². The number of benzene rings is 1. The summed E-state index contributed by atoms with van der Waals surface area (Å²) in [6.07, 6.45) is 0.732. The fraction of sp³-hybridized carbons (Fsp3) is 0.143. The van der Waals surface area contributed by atoms with Crippen LogP contribution < -0.4 is 5.73 Å². The summed E-state index contributed by atoms with van der Waals surface area (Å²) >= 11 is 0. The van der Waals surface area contributed by atoms with Crippen molar-refractivity contribution in [2.24, 2.45) is 0 Å². The summed E-state index contributed by atoms with van der Waals surface area (Å²) in [5.74, 6) is 1.53. The first-order valence-corrected chi connectivity index (χ1v) is 5.88. The number of fused-ring (bicyclic) bond motifs is 1. The number of nitrogens with zero attached hydrogens (tertiary/aromatic N) is 3. The van der Waals surface area contributed by atoms with Crippen molar-refractivity contribution in [3.63, 3.8) is 0 Å². The Morgan fingerprint density at radius 3 is 2.61 bits per heavy atom. The Morgan fingerprint density at radius 1 is 1.06 bits per heavy atom. The molecule has 0 aliphatic carbocycles. The molecule has 0 spiro atoms. The van der Waals surface area contributed by atoms with Crippen LogP contribution >= 0.6 is 0 Å². The van der Waals surface area contributed by atoms with Crippen molar-refractivity contribution in [3.8, 4) is 0 Å². The van der Waals surface area contributed by atoms with Crippen LogP contribution in [-0.2, 0) is 6.42 Å². The minimum atomic E-state index is 0.666. The summed E-state index contributed by atoms with van der Waals surface area (Å²) in [6, 6.07) is 14.1. The van der Waals surface area contributed by atoms with Crippen molar-refractivity contribution in [2.75, 3.05) is 5.73 Å². The van der Waals surface area contributed by atoms with Crippen LogP contribution in [0.1, 0.15) is 17.0 Å². The summed E-state index contributed by atoms with van der Waals surface area (Å²) in [5, 5.41) is 8.33. The van der Waals surface area contributed by atoms with Gasteiger partial charge >= 0.3 is 0 Å². The van der Waals surface area contributed by atoms with Crippen LogP contribution in [0.5, 0.6) is 0 Å². The van der Waals surface area contributed by atoms with Crippen molar-refractivity contribution in [2.45, 2.75) is 13.3 Å². The smallest absolute Gasteiger partial charge is 0.162 e. The Bertz CT molecular complexity index is 683. The van der Waals surface area contributed by atoms with Crippen LogP contribution in [-0.4, -0.2) is 14.6 Å². The number of hydrogen-bond donors (Lipinski definition) is 1. The number of anilines is 1. The first-order valence-electron chi connectivity index (χ1n) is 5.88. The highest BCUT2D eigenvalue weighted by Crippen LogP contribution is 2.14. The summed E-state index contributed by atoms with van der Waals surface area (Å²) in [5.41, 5.74) is 9.21. The molecule has 0 fully saturated rings. The molecule has 2 aromatic heterocycles. The van der Waals surface area contributed by atoms with Gasteiger partial charge in [-0.2, -0.15) is 0 Å². The summed E-state index contributed by atoms with van der Waals surface area (Å²) in [7, 11) is 0. The van der Waals surface area contributed by atoms with E-state index in [-0.39, 0.29) is 0 Å². The minimum absolute atomic E-state index is 0.666. The van der Waals surface area contributed by atoms with Gasteiger partial charge in [0.05, 0.1) is 0 Å². The van der Waals surface area contributed by atoms with E-state index in [0.29, 0.717) is 5.82 Å². The Hall–Kier alpha value is -2.36. The number of nitrogen functional groups attached to an aromatic ring is 1. The second-order valence-corrected chi connectivity index (χ2v) is 4.42. The molecule has 4 nitrogen and oxygen atoms in total. The normalized spacial score (nSPS) is 10.9. The maximum atomic E-state index is 5.96. The molecule has 0 aliphatic heterocycles. The van der Waals surface area contributed by atoms with Crippen molar-refractivity contribution < 1.29 is 0 Å². The van der Waals surface area contributed by atoms with E-state index >= 15 is 0 Å². The van der Waals surface area contributed by atoms with E-state index in [1.165, 1.54) is 11.1 Å². The first-order chi connectivity index (χ1) is 8.74. The lowest BCUT2D eigenvalue weighted by molar-refractivity contribution is 0.939. The maximum absolute atomic E-state index is 5.96. The Labute approximate surface area is 105 Å². The van der Waals surface area contributed by atoms with Crippen molar-refractivity contribution in [1.82, 2.24) is 14.6 Å². The van der Waals surface area contributed by atoms with Gasteiger partial charge in [-0.1, -0.05) is 35.9 Å². The van der Waals surface area contributed by atoms with Gasteiger partial charge in [0.15, 0.2) is 5.65 Å². The third-order valence-electron chi connectivity index (χ3n) is 3.01. The highest BCUT2D eigenvalue weighted by molar-refractivity contribution is 5.48. The lowest BCUT2D eigenvalue weighted by Gasteiger charge is -2.03. The molecule has 0 aliphatic rings. The zero-order chi connectivity index (χ0) is 12.5. The van der Waals surface area contributed by atoms with Gasteiger partial charge in [0.25, 0.3) is 0 Å². The maximum Gasteiger partial charge on any atom is 0.162 e. The highest BCUT2D eigenvalue weighted by Gasteiger charge is 2.08. The first kappa shape index (κ1) is 10.8. The third kappa shape index (κ3) is 1.82. The largest absolute Gasteiger partial charge is 0.385 e. The summed E-state index contributed by atoms with van der Waals surface area (Å²) in [4.78, 5) is 0. The molecule has 18 heavy (non-hydrogen) atoms. The number of aryl methyl sites for hydroxylation is 1. The molecule has 90 valence electrons. The van der Waals surface area contributed by atoms with E-state index in [4.69, 9.17) is 5.73 Å². The molecular weight excluding hydrogens is 224 g/mol. The van der Waals surface area contributed by atoms with Gasteiger partial charge in [-0.05, 0) is 24.6 Å². The van der Waals surface area contributed by atoms with Crippen molar-refractivity contribution in [1.29, 1.82) is 0 Å². The van der Waals surface area contributed by atoms with Crippen LogP contribution in [0.15, 0.2) is 42.5 Å². The van der Waals surface area contributed by atoms with Crippen LogP contribution in [0, 0.1) is 6.92 Å². The predicted molar refractivity (Wildman–Crippen MR) is 71.4 cm³/mol. The van der Waals surface area contributed by atoms with E-state index in [1.807, 2.05) is 22.6 Å². The van der Waals surface area contributed by atoms with Gasteiger partial charge < -0.3 is 5.73 Å². The van der Waals surface area contributed by atoms with E-state index in [9.17, 15) is 0 Å². The molecule has 0 bridgehead atoms. The predicted octanol–water partition coefficient (Wildman–Crippen LogP) is 2.21. The number of rotatable bonds is 2. The molecule has 2 N–H and O–H groups in total. The number of hydrogen-bond acceptors (Lipinski definition) is 3. The summed E-state index contributed by atoms with van der Waals surface area (Å²) in [6.45, 7) is 2.08. The zero-order valence-corrected chi connectivity index (χ0v) is 10.2. The van der Waals surface area contributed by atoms with Gasteiger partial charge in [0.2, 0.25) is 0 Å². The Balaban J connectivity index is 2.02. The number of pyridine rings is 1. The number of nitrogens with two attached hydrogens (primary N) is 1. The van der Waals surface area contributed by atoms with Gasteiger partial charge in [-0.15, -0.1) is 10.2 Å². The fourth-order valence-electron chi connectivity index (χ4n) is 2.03. The molecule has 2 heterocycles. The average molecular weight is 238 g/mol. The molecule has 0 atom stereocenters. The topological polar surface area (TPSA) is 56.2 Å². The molecular formula is C14H14N4. The Kier molecular flexibility index (Phi) is 2.48. The zero-order valence-electron chi connectivity index (χ0n) is 10.2. The van der Waals surface area contributed by atoms with Gasteiger partial charge in [-0.3, -0.25) is 4.40 Å². The molecule has 4 heteroatoms. The van der Waals surface area contributed by atoms with E-state index in [0.717, 1.165) is 17.9 Å². The summed E-state index contributed by atoms with van der Waals surface area (Å²) < 4.78 is 1.89. The van der Waals surface area contributed by atoms with Crippen LogP contribution in [0.3, 0.4) is 0 Å². The second kappa shape index (κ2) is 4.14. The van der Waals surface area contributed by atoms with Crippen LogP contribution in [0.2, 0.25) is 0 Å².